The summed E-state index contributed by atoms with van der Waals surface area (Å²) < 4.78 is 1.95. The van der Waals surface area contributed by atoms with Crippen molar-refractivity contribution in [1.29, 1.82) is 0 Å². The molecule has 0 radical (unpaired) electrons. The molecule has 0 fully saturated rings. The minimum Gasteiger partial charge on any atom is -0.273 e. The van der Waals surface area contributed by atoms with Crippen LogP contribution in [0.25, 0.3) is 0 Å². The van der Waals surface area contributed by atoms with E-state index in [1.54, 1.807) is 0 Å². The Hall–Kier alpha value is -2.36. The van der Waals surface area contributed by atoms with Gasteiger partial charge in [0.1, 0.15) is 0 Å². The molecule has 2 N–H and O–H groups in total. The number of carbonyl (C=O) groups is 2. The summed E-state index contributed by atoms with van der Waals surface area (Å²) in [5.41, 5.74) is 3.54. The zero-order valence-corrected chi connectivity index (χ0v) is 14.3. The Balaban J connectivity index is 1.81. The van der Waals surface area contributed by atoms with Crippen molar-refractivity contribution in [2.24, 2.45) is 20.0 Å². The molecule has 1 aromatic heterocycles. The van der Waals surface area contributed by atoms with Crippen LogP contribution in [-0.4, -0.2) is 31.9 Å². The minimum atomic E-state index is -0.562. The van der Waals surface area contributed by atoms with E-state index in [9.17, 15) is 19.2 Å². The smallest absolute Gasteiger partial charge is 0.273 e. The third-order valence-corrected chi connectivity index (χ3v) is 4.47. The van der Waals surface area contributed by atoms with E-state index in [4.69, 9.17) is 0 Å². The quantitative estimate of drug-likeness (QED) is 0.402. The largest absolute Gasteiger partial charge is 0.346 e. The topological polar surface area (TPSA) is 115 Å². The zero-order chi connectivity index (χ0) is 17.7. The molecule has 9 nitrogen and oxygen atoms in total. The summed E-state index contributed by atoms with van der Waals surface area (Å²) in [5.74, 6) is -0.618. The predicted molar refractivity (Wildman–Crippen MR) is 88.2 cm³/mol. The number of aromatic nitrogens is 3. The Morgan fingerprint density at radius 1 is 1.29 bits per heavy atom. The molecule has 1 aliphatic carbocycles. The van der Waals surface area contributed by atoms with E-state index in [1.807, 2.05) is 12.2 Å². The average molecular weight is 353 g/mol. The van der Waals surface area contributed by atoms with Gasteiger partial charge in [-0.15, -0.1) is 0 Å². The molecule has 2 rings (SSSR count). The lowest BCUT2D eigenvalue weighted by molar-refractivity contribution is -0.128. The molecule has 0 saturated carbocycles. The van der Waals surface area contributed by atoms with Crippen LogP contribution in [0.5, 0.6) is 0 Å². The van der Waals surface area contributed by atoms with Crippen molar-refractivity contribution in [1.82, 2.24) is 25.2 Å². The van der Waals surface area contributed by atoms with Gasteiger partial charge in [-0.1, -0.05) is 23.9 Å². The van der Waals surface area contributed by atoms with E-state index in [1.165, 1.54) is 14.1 Å². The third kappa shape index (κ3) is 4.57. The monoisotopic (exact) mass is 353 g/mol. The molecular weight excluding hydrogens is 334 g/mol. The first-order chi connectivity index (χ1) is 11.4. The van der Waals surface area contributed by atoms with Crippen LogP contribution in [0.4, 0.5) is 0 Å². The maximum Gasteiger partial charge on any atom is 0.346 e. The van der Waals surface area contributed by atoms with Gasteiger partial charge in [0.15, 0.2) is 5.03 Å². The highest BCUT2D eigenvalue weighted by molar-refractivity contribution is 7.99. The number of amides is 2. The number of hydrazine groups is 1. The molecule has 0 aromatic carbocycles. The van der Waals surface area contributed by atoms with Crippen LogP contribution in [0.1, 0.15) is 19.3 Å². The van der Waals surface area contributed by atoms with E-state index >= 15 is 0 Å². The van der Waals surface area contributed by atoms with Crippen LogP contribution >= 0.6 is 11.8 Å². The van der Waals surface area contributed by atoms with E-state index in [2.05, 4.69) is 16.0 Å². The molecule has 0 saturated heterocycles. The van der Waals surface area contributed by atoms with Crippen LogP contribution in [0, 0.1) is 5.92 Å². The minimum absolute atomic E-state index is 0.0390. The van der Waals surface area contributed by atoms with Gasteiger partial charge in [-0.25, -0.2) is 9.48 Å². The number of nitrogens with one attached hydrogen (secondary N) is 2. The molecule has 24 heavy (non-hydrogen) atoms. The van der Waals surface area contributed by atoms with Gasteiger partial charge in [-0.05, 0) is 18.8 Å². The average Bonchev–Trinajstić information content (AvgIpc) is 3.06. The van der Waals surface area contributed by atoms with Crippen molar-refractivity contribution >= 4 is 23.6 Å². The van der Waals surface area contributed by atoms with Gasteiger partial charge in [0.05, 0.1) is 5.75 Å². The van der Waals surface area contributed by atoms with Crippen molar-refractivity contribution < 1.29 is 9.59 Å². The Morgan fingerprint density at radius 3 is 2.67 bits per heavy atom. The number of rotatable bonds is 5. The fourth-order valence-corrected chi connectivity index (χ4v) is 3.00. The highest BCUT2D eigenvalue weighted by Crippen LogP contribution is 2.19. The standard InChI is InChI=1S/C14H19N5O4S/c1-18-13(22)12(17-19(2)14(18)23)24-8-11(21)16-15-10(20)7-9-5-3-4-6-9/h3,5,9H,4,6-8H2,1-2H3,(H,15,20)(H,16,21)/t9-/m1/s1. The summed E-state index contributed by atoms with van der Waals surface area (Å²) >= 11 is 0.898. The Morgan fingerprint density at radius 2 is 2.00 bits per heavy atom. The first-order valence-corrected chi connectivity index (χ1v) is 8.38. The number of hydrogen-bond acceptors (Lipinski definition) is 6. The highest BCUT2D eigenvalue weighted by atomic mass is 32.2. The second kappa shape index (κ2) is 7.95. The molecule has 1 heterocycles. The molecule has 2 amide bonds. The van der Waals surface area contributed by atoms with E-state index in [-0.39, 0.29) is 22.6 Å². The SMILES string of the molecule is Cn1nc(SCC(=O)NNC(=O)C[C@@H]2C=CCC2)c(=O)n(C)c1=O. The van der Waals surface area contributed by atoms with Gasteiger partial charge in [0.2, 0.25) is 11.8 Å². The van der Waals surface area contributed by atoms with Crippen LogP contribution in [0.3, 0.4) is 0 Å². The maximum atomic E-state index is 11.9. The van der Waals surface area contributed by atoms with E-state index in [0.29, 0.717) is 6.42 Å². The summed E-state index contributed by atoms with van der Waals surface area (Å²) in [5, 5.41) is 3.87. The lowest BCUT2D eigenvalue weighted by Gasteiger charge is -2.10. The second-order valence-electron chi connectivity index (χ2n) is 5.43. The predicted octanol–water partition coefficient (Wildman–Crippen LogP) is -0.925. The summed E-state index contributed by atoms with van der Waals surface area (Å²) in [6.45, 7) is 0. The molecule has 1 aliphatic rings. The number of thioether (sulfide) groups is 1. The molecule has 0 unspecified atom stereocenters. The van der Waals surface area contributed by atoms with Gasteiger partial charge in [0, 0.05) is 20.5 Å². The molecular formula is C14H19N5O4S. The Labute approximate surface area is 142 Å². The van der Waals surface area contributed by atoms with Gasteiger partial charge in [-0.3, -0.25) is 29.8 Å². The maximum absolute atomic E-state index is 11.9. The molecule has 1 aromatic rings. The first kappa shape index (κ1) is 18.0. The fourth-order valence-electron chi connectivity index (χ4n) is 2.22. The van der Waals surface area contributed by atoms with Gasteiger partial charge < -0.3 is 0 Å². The van der Waals surface area contributed by atoms with Crippen molar-refractivity contribution in [3.05, 3.63) is 33.0 Å². The molecule has 0 spiro atoms. The number of nitrogens with zero attached hydrogens (tertiary/aromatic N) is 3. The normalized spacial score (nSPS) is 16.2. The lowest BCUT2D eigenvalue weighted by atomic mass is 10.1. The number of allylic oxidation sites excluding steroid dienone is 2. The number of carbonyl (C=O) groups excluding carboxylic acids is 2. The van der Waals surface area contributed by atoms with Crippen LogP contribution in [0.15, 0.2) is 26.8 Å². The fraction of sp³-hybridized carbons (Fsp3) is 0.500. The van der Waals surface area contributed by atoms with Crippen molar-refractivity contribution in [3.63, 3.8) is 0 Å². The molecule has 130 valence electrons. The molecule has 0 bridgehead atoms. The van der Waals surface area contributed by atoms with E-state index < -0.39 is 17.2 Å². The number of hydrogen-bond donors (Lipinski definition) is 2. The Kier molecular flexibility index (Phi) is 5.96. The van der Waals surface area contributed by atoms with Crippen molar-refractivity contribution in [3.8, 4) is 0 Å². The zero-order valence-electron chi connectivity index (χ0n) is 13.4. The Bertz CT molecular complexity index is 782. The molecule has 10 heteroatoms. The lowest BCUT2D eigenvalue weighted by Crippen LogP contribution is -2.43. The summed E-state index contributed by atoms with van der Waals surface area (Å²) in [6.07, 6.45) is 6.28. The molecule has 1 atom stereocenters. The van der Waals surface area contributed by atoms with Crippen molar-refractivity contribution in [2.45, 2.75) is 24.3 Å². The summed E-state index contributed by atoms with van der Waals surface area (Å²) in [7, 11) is 2.76. The van der Waals surface area contributed by atoms with Crippen LogP contribution in [-0.2, 0) is 23.7 Å². The third-order valence-electron chi connectivity index (χ3n) is 3.53. The second-order valence-corrected chi connectivity index (χ2v) is 6.39. The van der Waals surface area contributed by atoms with Crippen LogP contribution < -0.4 is 22.1 Å². The summed E-state index contributed by atoms with van der Waals surface area (Å²) in [4.78, 5) is 46.8. The van der Waals surface area contributed by atoms with Gasteiger partial charge in [0.25, 0.3) is 5.56 Å². The highest BCUT2D eigenvalue weighted by Gasteiger charge is 2.15. The van der Waals surface area contributed by atoms with Crippen LogP contribution in [0.2, 0.25) is 0 Å². The van der Waals surface area contributed by atoms with E-state index in [0.717, 1.165) is 33.9 Å². The summed E-state index contributed by atoms with van der Waals surface area (Å²) in [6, 6.07) is 0. The van der Waals surface area contributed by atoms with Gasteiger partial charge in [-0.2, -0.15) is 5.10 Å². The number of aryl methyl sites for hydroxylation is 1. The molecule has 0 aliphatic heterocycles. The van der Waals surface area contributed by atoms with Gasteiger partial charge >= 0.3 is 5.69 Å². The van der Waals surface area contributed by atoms with Crippen molar-refractivity contribution in [2.75, 3.05) is 5.75 Å². The first-order valence-electron chi connectivity index (χ1n) is 7.40.